The molecule has 1 heterocycles. The first-order valence-electron chi connectivity index (χ1n) is 5.46. The second kappa shape index (κ2) is 5.01. The summed E-state index contributed by atoms with van der Waals surface area (Å²) in [4.78, 5) is 22.1. The molecule has 3 N–H and O–H groups in total. The number of aromatic carboxylic acids is 1. The lowest BCUT2D eigenvalue weighted by Crippen LogP contribution is -2.34. The summed E-state index contributed by atoms with van der Waals surface area (Å²) in [7, 11) is 0. The lowest BCUT2D eigenvalue weighted by molar-refractivity contribution is -0.120. The van der Waals surface area contributed by atoms with E-state index < -0.39 is 5.97 Å². The first-order chi connectivity index (χ1) is 8.16. The highest BCUT2D eigenvalue weighted by molar-refractivity contribution is 5.86. The lowest BCUT2D eigenvalue weighted by atomic mass is 10.2. The van der Waals surface area contributed by atoms with Crippen molar-refractivity contribution < 1.29 is 19.1 Å². The summed E-state index contributed by atoms with van der Waals surface area (Å²) < 4.78 is 4.82. The molecular formula is C11H14N2O4. The largest absolute Gasteiger partial charge is 0.475 e. The van der Waals surface area contributed by atoms with E-state index in [9.17, 15) is 9.59 Å². The van der Waals surface area contributed by atoms with E-state index in [1.54, 1.807) is 6.07 Å². The molecular weight excluding hydrogens is 224 g/mol. The maximum absolute atomic E-state index is 11.3. The van der Waals surface area contributed by atoms with Gasteiger partial charge in [-0.25, -0.2) is 4.79 Å². The number of furan rings is 1. The molecule has 0 saturated heterocycles. The van der Waals surface area contributed by atoms with E-state index in [1.807, 2.05) is 0 Å². The fourth-order valence-electron chi connectivity index (χ4n) is 1.48. The molecule has 0 atom stereocenters. The molecule has 1 aromatic rings. The van der Waals surface area contributed by atoms with E-state index in [1.165, 1.54) is 6.26 Å². The number of hydrogen-bond acceptors (Lipinski definition) is 4. The van der Waals surface area contributed by atoms with Crippen molar-refractivity contribution in [1.29, 1.82) is 0 Å². The number of amides is 1. The number of carbonyl (C=O) groups excluding carboxylic acids is 1. The predicted molar refractivity (Wildman–Crippen MR) is 58.5 cm³/mol. The number of nitrogens with one attached hydrogen (secondary N) is 2. The van der Waals surface area contributed by atoms with Gasteiger partial charge in [-0.15, -0.1) is 0 Å². The van der Waals surface area contributed by atoms with Crippen molar-refractivity contribution >= 4 is 11.9 Å². The Hall–Kier alpha value is -1.82. The summed E-state index contributed by atoms with van der Waals surface area (Å²) in [6.45, 7) is 0.483. The third-order valence-electron chi connectivity index (χ3n) is 2.48. The van der Waals surface area contributed by atoms with Crippen LogP contribution in [0.1, 0.15) is 29.0 Å². The van der Waals surface area contributed by atoms with Gasteiger partial charge in [-0.3, -0.25) is 4.79 Å². The van der Waals surface area contributed by atoms with E-state index in [0.717, 1.165) is 12.8 Å². The van der Waals surface area contributed by atoms with Crippen molar-refractivity contribution in [3.05, 3.63) is 23.7 Å². The zero-order chi connectivity index (χ0) is 12.3. The molecule has 0 radical (unpaired) electrons. The molecule has 2 rings (SSSR count). The normalized spacial score (nSPS) is 14.6. The smallest absolute Gasteiger partial charge is 0.372 e. The molecule has 0 spiro atoms. The van der Waals surface area contributed by atoms with E-state index in [0.29, 0.717) is 18.2 Å². The fraction of sp³-hybridized carbons (Fsp3) is 0.455. The van der Waals surface area contributed by atoms with Gasteiger partial charge in [-0.1, -0.05) is 0 Å². The Morgan fingerprint density at radius 3 is 2.88 bits per heavy atom. The SMILES string of the molecule is O=C(CNCc1ccoc1C(=O)O)NC1CC1. The number of rotatable bonds is 6. The van der Waals surface area contributed by atoms with Crippen LogP contribution < -0.4 is 10.6 Å². The predicted octanol–water partition coefficient (Wildman–Crippen LogP) is 0.346. The van der Waals surface area contributed by atoms with Crippen LogP contribution >= 0.6 is 0 Å². The van der Waals surface area contributed by atoms with Crippen molar-refractivity contribution in [2.75, 3.05) is 6.54 Å². The molecule has 0 unspecified atom stereocenters. The highest BCUT2D eigenvalue weighted by Gasteiger charge is 2.22. The topological polar surface area (TPSA) is 91.6 Å². The van der Waals surface area contributed by atoms with Crippen molar-refractivity contribution in [3.8, 4) is 0 Å². The third kappa shape index (κ3) is 3.32. The minimum absolute atomic E-state index is 0.0622. The van der Waals surface area contributed by atoms with Gasteiger partial charge in [0.2, 0.25) is 11.7 Å². The van der Waals surface area contributed by atoms with E-state index in [2.05, 4.69) is 10.6 Å². The molecule has 1 amide bonds. The summed E-state index contributed by atoms with van der Waals surface area (Å²) in [5, 5.41) is 14.5. The van der Waals surface area contributed by atoms with Crippen LogP contribution in [0, 0.1) is 0 Å². The minimum Gasteiger partial charge on any atom is -0.475 e. The highest BCUT2D eigenvalue weighted by Crippen LogP contribution is 2.18. The maximum atomic E-state index is 11.3. The Bertz CT molecular complexity index is 423. The molecule has 0 aliphatic heterocycles. The molecule has 6 heteroatoms. The number of carbonyl (C=O) groups is 2. The Labute approximate surface area is 98.0 Å². The van der Waals surface area contributed by atoms with Crippen molar-refractivity contribution in [3.63, 3.8) is 0 Å². The molecule has 17 heavy (non-hydrogen) atoms. The second-order valence-electron chi connectivity index (χ2n) is 4.03. The third-order valence-corrected chi connectivity index (χ3v) is 2.48. The average Bonchev–Trinajstić information content (AvgIpc) is 2.94. The van der Waals surface area contributed by atoms with Crippen molar-refractivity contribution in [2.24, 2.45) is 0 Å². The van der Waals surface area contributed by atoms with E-state index in [4.69, 9.17) is 9.52 Å². The van der Waals surface area contributed by atoms with Crippen LogP contribution in [0.15, 0.2) is 16.7 Å². The van der Waals surface area contributed by atoms with Crippen LogP contribution in [0.4, 0.5) is 0 Å². The monoisotopic (exact) mass is 238 g/mol. The zero-order valence-corrected chi connectivity index (χ0v) is 9.23. The minimum atomic E-state index is -1.10. The van der Waals surface area contributed by atoms with E-state index >= 15 is 0 Å². The van der Waals surface area contributed by atoms with Gasteiger partial charge in [-0.2, -0.15) is 0 Å². The Balaban J connectivity index is 1.75. The molecule has 1 aliphatic carbocycles. The zero-order valence-electron chi connectivity index (χ0n) is 9.23. The second-order valence-corrected chi connectivity index (χ2v) is 4.03. The van der Waals surface area contributed by atoms with Gasteiger partial charge in [0.1, 0.15) is 0 Å². The maximum Gasteiger partial charge on any atom is 0.372 e. The van der Waals surface area contributed by atoms with Crippen LogP contribution in [0.2, 0.25) is 0 Å². The molecule has 0 bridgehead atoms. The Morgan fingerprint density at radius 2 is 2.24 bits per heavy atom. The van der Waals surface area contributed by atoms with Crippen molar-refractivity contribution in [2.45, 2.75) is 25.4 Å². The van der Waals surface area contributed by atoms with Crippen LogP contribution in [0.25, 0.3) is 0 Å². The first kappa shape index (κ1) is 11.7. The molecule has 0 aromatic carbocycles. The quantitative estimate of drug-likeness (QED) is 0.665. The molecule has 92 valence electrons. The van der Waals surface area contributed by atoms with Gasteiger partial charge >= 0.3 is 5.97 Å². The Morgan fingerprint density at radius 1 is 1.47 bits per heavy atom. The highest BCUT2D eigenvalue weighted by atomic mass is 16.4. The number of hydrogen-bond donors (Lipinski definition) is 3. The van der Waals surface area contributed by atoms with Crippen LogP contribution in [0.3, 0.4) is 0 Å². The molecule has 1 fully saturated rings. The first-order valence-corrected chi connectivity index (χ1v) is 5.46. The average molecular weight is 238 g/mol. The van der Waals surface area contributed by atoms with E-state index in [-0.39, 0.29) is 18.2 Å². The standard InChI is InChI=1S/C11H14N2O4/c14-9(13-8-1-2-8)6-12-5-7-3-4-17-10(7)11(15)16/h3-4,8,12H,1-2,5-6H2,(H,13,14)(H,15,16). The molecule has 6 nitrogen and oxygen atoms in total. The summed E-state index contributed by atoms with van der Waals surface area (Å²) >= 11 is 0. The van der Waals surface area contributed by atoms with Gasteiger partial charge in [0, 0.05) is 18.2 Å². The van der Waals surface area contributed by atoms with Gasteiger partial charge < -0.3 is 20.2 Å². The summed E-state index contributed by atoms with van der Waals surface area (Å²) in [6, 6.07) is 1.92. The lowest BCUT2D eigenvalue weighted by Gasteiger charge is -2.04. The van der Waals surface area contributed by atoms with Crippen LogP contribution in [-0.2, 0) is 11.3 Å². The van der Waals surface area contributed by atoms with Gasteiger partial charge in [-0.05, 0) is 18.9 Å². The Kier molecular flexibility index (Phi) is 3.43. The number of carboxylic acids is 1. The van der Waals surface area contributed by atoms with Gasteiger partial charge in [0.05, 0.1) is 12.8 Å². The fourth-order valence-corrected chi connectivity index (χ4v) is 1.48. The van der Waals surface area contributed by atoms with Crippen LogP contribution in [-0.4, -0.2) is 29.6 Å². The van der Waals surface area contributed by atoms with Crippen molar-refractivity contribution in [1.82, 2.24) is 10.6 Å². The molecule has 1 saturated carbocycles. The molecule has 1 aliphatic rings. The summed E-state index contributed by atoms with van der Waals surface area (Å²) in [5.74, 6) is -1.25. The number of carboxylic acid groups (broad SMARTS) is 1. The summed E-state index contributed by atoms with van der Waals surface area (Å²) in [5.41, 5.74) is 0.539. The van der Waals surface area contributed by atoms with Gasteiger partial charge in [0.25, 0.3) is 0 Å². The van der Waals surface area contributed by atoms with Gasteiger partial charge in [0.15, 0.2) is 0 Å². The van der Waals surface area contributed by atoms with Crippen LogP contribution in [0.5, 0.6) is 0 Å². The summed E-state index contributed by atoms with van der Waals surface area (Å²) in [6.07, 6.45) is 3.43. The molecule has 1 aromatic heterocycles.